The number of amides is 1. The van der Waals surface area contributed by atoms with Gasteiger partial charge in [-0.25, -0.2) is 0 Å². The summed E-state index contributed by atoms with van der Waals surface area (Å²) in [6.45, 7) is 1.05. The predicted molar refractivity (Wildman–Crippen MR) is 95.2 cm³/mol. The number of benzene rings is 1. The summed E-state index contributed by atoms with van der Waals surface area (Å²) in [6, 6.07) is 4.86. The highest BCUT2D eigenvalue weighted by Crippen LogP contribution is 2.33. The lowest BCUT2D eigenvalue weighted by Gasteiger charge is -2.38. The van der Waals surface area contributed by atoms with Crippen LogP contribution in [0.4, 0.5) is 13.2 Å². The Labute approximate surface area is 160 Å². The number of hydrogen-bond acceptors (Lipinski definition) is 4. The van der Waals surface area contributed by atoms with Gasteiger partial charge in [0.25, 0.3) is 0 Å². The Morgan fingerprint density at radius 3 is 2.64 bits per heavy atom. The Morgan fingerprint density at radius 1 is 1.18 bits per heavy atom. The van der Waals surface area contributed by atoms with E-state index in [1.54, 1.807) is 4.90 Å². The Morgan fingerprint density at radius 2 is 1.93 bits per heavy atom. The van der Waals surface area contributed by atoms with Gasteiger partial charge >= 0.3 is 6.18 Å². The molecule has 1 amide bonds. The van der Waals surface area contributed by atoms with E-state index in [-0.39, 0.29) is 23.2 Å². The highest BCUT2D eigenvalue weighted by Gasteiger charge is 2.36. The minimum absolute atomic E-state index is 0.0534. The average molecular weight is 393 g/mol. The van der Waals surface area contributed by atoms with Gasteiger partial charge in [-0.3, -0.25) is 4.79 Å². The highest BCUT2D eigenvalue weighted by molar-refractivity contribution is 5.77. The molecule has 1 aliphatic carbocycles. The van der Waals surface area contributed by atoms with Crippen LogP contribution in [0.25, 0.3) is 11.4 Å². The summed E-state index contributed by atoms with van der Waals surface area (Å²) in [7, 11) is 0. The maximum Gasteiger partial charge on any atom is 0.416 e. The number of aromatic nitrogens is 2. The van der Waals surface area contributed by atoms with E-state index in [9.17, 15) is 18.0 Å². The minimum atomic E-state index is -4.42. The van der Waals surface area contributed by atoms with Crippen molar-refractivity contribution < 1.29 is 22.5 Å². The van der Waals surface area contributed by atoms with E-state index in [1.807, 2.05) is 0 Å². The van der Waals surface area contributed by atoms with Crippen molar-refractivity contribution >= 4 is 5.91 Å². The molecule has 0 bridgehead atoms. The van der Waals surface area contributed by atoms with Crippen LogP contribution in [-0.2, 0) is 11.0 Å². The van der Waals surface area contributed by atoms with Crippen LogP contribution < -0.4 is 0 Å². The van der Waals surface area contributed by atoms with E-state index in [0.29, 0.717) is 31.3 Å². The van der Waals surface area contributed by atoms with E-state index in [0.717, 1.165) is 25.0 Å². The normalized spacial score (nSPS) is 18.9. The van der Waals surface area contributed by atoms with Crippen molar-refractivity contribution in [3.05, 3.63) is 35.7 Å². The van der Waals surface area contributed by atoms with Gasteiger partial charge in [0, 0.05) is 25.1 Å². The van der Waals surface area contributed by atoms with Gasteiger partial charge in [-0.1, -0.05) is 36.6 Å². The first-order valence-corrected chi connectivity index (χ1v) is 9.69. The second-order valence-corrected chi connectivity index (χ2v) is 7.74. The molecule has 150 valence electrons. The van der Waals surface area contributed by atoms with E-state index in [1.165, 1.54) is 31.4 Å². The second-order valence-electron chi connectivity index (χ2n) is 7.74. The third kappa shape index (κ3) is 4.05. The molecule has 0 atom stereocenters. The maximum absolute atomic E-state index is 12.9. The number of alkyl halides is 3. The number of halogens is 3. The molecule has 8 heteroatoms. The third-order valence-electron chi connectivity index (χ3n) is 5.66. The number of rotatable bonds is 4. The van der Waals surface area contributed by atoms with E-state index < -0.39 is 11.7 Å². The smallest absolute Gasteiger partial charge is 0.341 e. The zero-order valence-electron chi connectivity index (χ0n) is 15.4. The molecule has 1 aromatic heterocycles. The van der Waals surface area contributed by atoms with Gasteiger partial charge in [-0.05, 0) is 30.9 Å². The number of carbonyl (C=O) groups excluding carboxylic acids is 1. The summed E-state index contributed by atoms with van der Waals surface area (Å²) >= 11 is 0. The van der Waals surface area contributed by atoms with Gasteiger partial charge in [0.15, 0.2) is 0 Å². The van der Waals surface area contributed by atoms with Gasteiger partial charge in [-0.15, -0.1) is 0 Å². The fourth-order valence-corrected chi connectivity index (χ4v) is 3.96. The maximum atomic E-state index is 12.9. The monoisotopic (exact) mass is 393 g/mol. The topological polar surface area (TPSA) is 59.2 Å². The molecule has 2 aromatic rings. The molecule has 0 unspecified atom stereocenters. The van der Waals surface area contributed by atoms with E-state index >= 15 is 0 Å². The molecule has 2 aliphatic rings. The van der Waals surface area contributed by atoms with Crippen LogP contribution in [0.15, 0.2) is 28.8 Å². The Kier molecular flexibility index (Phi) is 5.12. The van der Waals surface area contributed by atoms with Crippen molar-refractivity contribution in [2.75, 3.05) is 13.1 Å². The zero-order chi connectivity index (χ0) is 19.7. The number of likely N-dealkylation sites (tertiary alicyclic amines) is 1. The number of nitrogens with zero attached hydrogens (tertiary/aromatic N) is 3. The molecule has 2 heterocycles. The van der Waals surface area contributed by atoms with E-state index in [4.69, 9.17) is 4.52 Å². The lowest BCUT2D eigenvalue weighted by Crippen LogP contribution is -2.49. The summed E-state index contributed by atoms with van der Waals surface area (Å²) in [5.41, 5.74) is -0.492. The first kappa shape index (κ1) is 19.0. The molecule has 0 radical (unpaired) electrons. The van der Waals surface area contributed by atoms with Crippen molar-refractivity contribution in [1.82, 2.24) is 15.0 Å². The Balaban J connectivity index is 1.35. The van der Waals surface area contributed by atoms with Crippen LogP contribution >= 0.6 is 0 Å². The van der Waals surface area contributed by atoms with Crippen LogP contribution in [-0.4, -0.2) is 34.0 Å². The van der Waals surface area contributed by atoms with Crippen molar-refractivity contribution in [2.45, 2.75) is 50.6 Å². The summed E-state index contributed by atoms with van der Waals surface area (Å²) < 4.78 is 43.8. The molecule has 4 rings (SSSR count). The molecule has 1 aromatic carbocycles. The van der Waals surface area contributed by atoms with Gasteiger partial charge in [0.2, 0.25) is 17.6 Å². The van der Waals surface area contributed by atoms with E-state index in [2.05, 4.69) is 10.1 Å². The fraction of sp³-hybridized carbons (Fsp3) is 0.550. The average Bonchev–Trinajstić information content (AvgIpc) is 3.10. The zero-order valence-corrected chi connectivity index (χ0v) is 15.4. The Bertz CT molecular complexity index is 837. The SMILES string of the molecule is O=C(CC1CCCCC1)N1CC(c2nc(-c3cccc(C(F)(F)F)c3)no2)C1. The first-order chi connectivity index (χ1) is 13.4. The van der Waals surface area contributed by atoms with Gasteiger partial charge in [-0.2, -0.15) is 18.2 Å². The molecular formula is C20H22F3N3O2. The number of carbonyl (C=O) groups is 1. The molecule has 1 saturated carbocycles. The van der Waals surface area contributed by atoms with Gasteiger partial charge in [0.1, 0.15) is 0 Å². The van der Waals surface area contributed by atoms with Crippen LogP contribution in [0, 0.1) is 5.92 Å². The quantitative estimate of drug-likeness (QED) is 0.759. The van der Waals surface area contributed by atoms with Gasteiger partial charge in [0.05, 0.1) is 11.5 Å². The van der Waals surface area contributed by atoms with Gasteiger partial charge < -0.3 is 9.42 Å². The summed E-state index contributed by atoms with van der Waals surface area (Å²) in [4.78, 5) is 18.4. The van der Waals surface area contributed by atoms with Crippen molar-refractivity contribution in [3.8, 4) is 11.4 Å². The highest BCUT2D eigenvalue weighted by atomic mass is 19.4. The molecule has 0 N–H and O–H groups in total. The van der Waals surface area contributed by atoms with Crippen LogP contribution in [0.1, 0.15) is 55.9 Å². The molecule has 1 saturated heterocycles. The first-order valence-electron chi connectivity index (χ1n) is 9.69. The lowest BCUT2D eigenvalue weighted by atomic mass is 9.86. The molecule has 0 spiro atoms. The molecular weight excluding hydrogens is 371 g/mol. The third-order valence-corrected chi connectivity index (χ3v) is 5.66. The molecule has 28 heavy (non-hydrogen) atoms. The summed E-state index contributed by atoms with van der Waals surface area (Å²) in [5.74, 6) is 1.11. The second kappa shape index (κ2) is 7.56. The van der Waals surface area contributed by atoms with Crippen LogP contribution in [0.5, 0.6) is 0 Å². The fourth-order valence-electron chi connectivity index (χ4n) is 3.96. The molecule has 2 fully saturated rings. The lowest BCUT2D eigenvalue weighted by molar-refractivity contribution is -0.138. The number of hydrogen-bond donors (Lipinski definition) is 0. The van der Waals surface area contributed by atoms with Crippen LogP contribution in [0.2, 0.25) is 0 Å². The Hall–Kier alpha value is -2.38. The van der Waals surface area contributed by atoms with Crippen molar-refractivity contribution in [3.63, 3.8) is 0 Å². The molecule has 5 nitrogen and oxygen atoms in total. The summed E-state index contributed by atoms with van der Waals surface area (Å²) in [5, 5.41) is 3.82. The standard InChI is InChI=1S/C20H22F3N3O2/c21-20(22,23)16-8-4-7-14(10-16)18-24-19(28-25-18)15-11-26(12-15)17(27)9-13-5-2-1-3-6-13/h4,7-8,10,13,15H,1-3,5-6,9,11-12H2. The largest absolute Gasteiger partial charge is 0.416 e. The summed E-state index contributed by atoms with van der Waals surface area (Å²) in [6.07, 6.45) is 2.13. The van der Waals surface area contributed by atoms with Crippen LogP contribution in [0.3, 0.4) is 0 Å². The van der Waals surface area contributed by atoms with Crippen molar-refractivity contribution in [1.29, 1.82) is 0 Å². The van der Waals surface area contributed by atoms with Crippen molar-refractivity contribution in [2.24, 2.45) is 5.92 Å². The minimum Gasteiger partial charge on any atom is -0.341 e. The predicted octanol–water partition coefficient (Wildman–Crippen LogP) is 4.65. The molecule has 1 aliphatic heterocycles.